The number of hydrazone groups is 1. The van der Waals surface area contributed by atoms with E-state index in [-0.39, 0.29) is 30.2 Å². The van der Waals surface area contributed by atoms with Gasteiger partial charge in [-0.2, -0.15) is 5.10 Å². The van der Waals surface area contributed by atoms with Gasteiger partial charge in [-0.15, -0.1) is 0 Å². The van der Waals surface area contributed by atoms with Crippen molar-refractivity contribution in [3.8, 4) is 5.75 Å². The first-order valence-electron chi connectivity index (χ1n) is 11.2. The lowest BCUT2D eigenvalue weighted by Gasteiger charge is -2.16. The molecule has 0 atom stereocenters. The Labute approximate surface area is 203 Å². The quantitative estimate of drug-likeness (QED) is 0.439. The fourth-order valence-corrected chi connectivity index (χ4v) is 3.85. The number of aromatic nitrogens is 1. The fraction of sp³-hybridized carbons (Fsp3) is 0.185. The number of amides is 1. The van der Waals surface area contributed by atoms with E-state index in [1.165, 1.54) is 5.01 Å². The molecular formula is C27H26N4O4. The molecule has 1 aromatic heterocycles. The number of methoxy groups -OCH3 is 1. The summed E-state index contributed by atoms with van der Waals surface area (Å²) in [6.07, 6.45) is 1.70. The molecule has 0 aliphatic carbocycles. The van der Waals surface area contributed by atoms with Crippen molar-refractivity contribution >= 4 is 17.6 Å². The summed E-state index contributed by atoms with van der Waals surface area (Å²) in [5.41, 5.74) is 3.69. The summed E-state index contributed by atoms with van der Waals surface area (Å²) in [7, 11) is 1.59. The lowest BCUT2D eigenvalue weighted by atomic mass is 10.00. The van der Waals surface area contributed by atoms with Gasteiger partial charge in [0.05, 0.1) is 43.6 Å². The van der Waals surface area contributed by atoms with Crippen LogP contribution in [0.1, 0.15) is 23.2 Å². The second-order valence-electron chi connectivity index (χ2n) is 8.02. The number of pyridine rings is 1. The van der Waals surface area contributed by atoms with Crippen molar-refractivity contribution in [3.63, 3.8) is 0 Å². The second-order valence-corrected chi connectivity index (χ2v) is 8.02. The minimum absolute atomic E-state index is 0.227. The van der Waals surface area contributed by atoms with Gasteiger partial charge >= 0.3 is 5.97 Å². The van der Waals surface area contributed by atoms with Gasteiger partial charge in [-0.1, -0.05) is 48.5 Å². The molecular weight excluding hydrogens is 444 g/mol. The molecule has 178 valence electrons. The van der Waals surface area contributed by atoms with Gasteiger partial charge in [-0.3, -0.25) is 14.6 Å². The van der Waals surface area contributed by atoms with Crippen molar-refractivity contribution in [2.75, 3.05) is 7.11 Å². The van der Waals surface area contributed by atoms with E-state index in [1.54, 1.807) is 13.3 Å². The molecule has 0 saturated heterocycles. The van der Waals surface area contributed by atoms with Crippen LogP contribution in [0, 0.1) is 0 Å². The number of rotatable bonds is 10. The van der Waals surface area contributed by atoms with Crippen molar-refractivity contribution in [2.24, 2.45) is 5.10 Å². The van der Waals surface area contributed by atoms with E-state index in [2.05, 4.69) is 15.4 Å². The molecule has 2 aromatic carbocycles. The Morgan fingerprint density at radius 1 is 1.00 bits per heavy atom. The number of carboxylic acid groups (broad SMARTS) is 1. The normalized spacial score (nSPS) is 14.5. The Morgan fingerprint density at radius 3 is 2.49 bits per heavy atom. The molecule has 1 aliphatic rings. The molecule has 1 aliphatic heterocycles. The molecule has 2 N–H and O–H groups in total. The van der Waals surface area contributed by atoms with E-state index in [0.29, 0.717) is 24.4 Å². The largest absolute Gasteiger partial charge is 0.497 e. The van der Waals surface area contributed by atoms with Crippen LogP contribution in [0.5, 0.6) is 5.75 Å². The maximum atomic E-state index is 13.5. The molecule has 8 heteroatoms. The number of carbonyl (C=O) groups excluding carboxylic acids is 1. The van der Waals surface area contributed by atoms with Crippen LogP contribution in [0.4, 0.5) is 0 Å². The third-order valence-electron chi connectivity index (χ3n) is 5.50. The minimum atomic E-state index is -1.05. The second kappa shape index (κ2) is 11.1. The molecule has 0 spiro atoms. The molecule has 0 saturated carbocycles. The maximum absolute atomic E-state index is 13.5. The molecule has 35 heavy (non-hydrogen) atoms. The Bertz CT molecular complexity index is 1260. The van der Waals surface area contributed by atoms with Gasteiger partial charge in [-0.05, 0) is 35.4 Å². The predicted molar refractivity (Wildman–Crippen MR) is 131 cm³/mol. The minimum Gasteiger partial charge on any atom is -0.497 e. The highest BCUT2D eigenvalue weighted by molar-refractivity contribution is 6.28. The number of nitrogens with zero attached hydrogens (tertiary/aromatic N) is 3. The molecule has 3 aromatic rings. The number of aliphatic carboxylic acids is 1. The van der Waals surface area contributed by atoms with Gasteiger partial charge in [0, 0.05) is 18.3 Å². The van der Waals surface area contributed by atoms with Gasteiger partial charge in [0.1, 0.15) is 5.75 Å². The number of nitrogens with one attached hydrogen (secondary N) is 1. The van der Waals surface area contributed by atoms with E-state index in [0.717, 1.165) is 16.8 Å². The number of hydrogen-bond acceptors (Lipinski definition) is 6. The molecule has 1 amide bonds. The average Bonchev–Trinajstić information content (AvgIpc) is 3.16. The number of allylic oxidation sites excluding steroid dienone is 1. The summed E-state index contributed by atoms with van der Waals surface area (Å²) in [4.78, 5) is 29.5. The molecule has 0 radical (unpaired) electrons. The van der Waals surface area contributed by atoms with Crippen molar-refractivity contribution < 1.29 is 19.4 Å². The molecule has 0 bridgehead atoms. The van der Waals surface area contributed by atoms with Gasteiger partial charge in [-0.25, -0.2) is 5.01 Å². The van der Waals surface area contributed by atoms with Gasteiger partial charge < -0.3 is 15.2 Å². The van der Waals surface area contributed by atoms with Crippen LogP contribution < -0.4 is 10.1 Å². The molecule has 8 nitrogen and oxygen atoms in total. The molecule has 0 unspecified atom stereocenters. The summed E-state index contributed by atoms with van der Waals surface area (Å²) >= 11 is 0. The number of hydrogen-bond donors (Lipinski definition) is 2. The maximum Gasteiger partial charge on any atom is 0.309 e. The topological polar surface area (TPSA) is 104 Å². The Hall–Kier alpha value is -4.46. The lowest BCUT2D eigenvalue weighted by Crippen LogP contribution is -2.27. The van der Waals surface area contributed by atoms with E-state index in [4.69, 9.17) is 4.74 Å². The first-order chi connectivity index (χ1) is 17.0. The monoisotopic (exact) mass is 470 g/mol. The molecule has 4 rings (SSSR count). The predicted octanol–water partition coefficient (Wildman–Crippen LogP) is 3.55. The molecule has 0 fully saturated rings. The van der Waals surface area contributed by atoms with Crippen molar-refractivity contribution in [1.29, 1.82) is 0 Å². The first-order valence-corrected chi connectivity index (χ1v) is 11.2. The zero-order valence-corrected chi connectivity index (χ0v) is 19.3. The lowest BCUT2D eigenvalue weighted by molar-refractivity contribution is -0.135. The van der Waals surface area contributed by atoms with Crippen LogP contribution >= 0.6 is 0 Å². The summed E-state index contributed by atoms with van der Waals surface area (Å²) in [5.74, 6) is -0.697. The number of carbonyl (C=O) groups is 2. The third kappa shape index (κ3) is 6.11. The van der Waals surface area contributed by atoms with E-state index in [9.17, 15) is 14.7 Å². The average molecular weight is 471 g/mol. The highest BCUT2D eigenvalue weighted by Gasteiger charge is 2.34. The summed E-state index contributed by atoms with van der Waals surface area (Å²) < 4.78 is 5.35. The van der Waals surface area contributed by atoms with Crippen LogP contribution in [-0.2, 0) is 29.1 Å². The fourth-order valence-electron chi connectivity index (χ4n) is 3.85. The first kappa shape index (κ1) is 23.7. The summed E-state index contributed by atoms with van der Waals surface area (Å²) in [6.45, 7) is 0.620. The summed E-state index contributed by atoms with van der Waals surface area (Å²) in [5, 5.41) is 18.6. The zero-order chi connectivity index (χ0) is 24.6. The van der Waals surface area contributed by atoms with Crippen molar-refractivity contribution in [1.82, 2.24) is 15.3 Å². The van der Waals surface area contributed by atoms with Gasteiger partial charge in [0.25, 0.3) is 5.91 Å². The van der Waals surface area contributed by atoms with E-state index < -0.39 is 5.97 Å². The highest BCUT2D eigenvalue weighted by Crippen LogP contribution is 2.25. The van der Waals surface area contributed by atoms with Crippen LogP contribution in [-0.4, -0.2) is 39.8 Å². The summed E-state index contributed by atoms with van der Waals surface area (Å²) in [6, 6.07) is 22.6. The van der Waals surface area contributed by atoms with Crippen LogP contribution in [0.15, 0.2) is 95.4 Å². The van der Waals surface area contributed by atoms with E-state index >= 15 is 0 Å². The zero-order valence-electron chi connectivity index (χ0n) is 19.3. The van der Waals surface area contributed by atoms with Crippen molar-refractivity contribution in [3.05, 3.63) is 107 Å². The van der Waals surface area contributed by atoms with Crippen LogP contribution in [0.3, 0.4) is 0 Å². The standard InChI is InChI=1S/C27H26N4O4/c1-35-22-12-7-10-20(14-22)15-23(29-17-21-11-5-6-13-28-21)26-24(16-25(32)33)30-31(27(26)34)18-19-8-3-2-4-9-19/h2-14,29H,15-18H2,1H3,(H,32,33). The Kier molecular flexibility index (Phi) is 7.52. The Morgan fingerprint density at radius 2 is 1.77 bits per heavy atom. The number of carboxylic acids is 1. The van der Waals surface area contributed by atoms with Crippen LogP contribution in [0.25, 0.3) is 0 Å². The molecule has 2 heterocycles. The van der Waals surface area contributed by atoms with Crippen LogP contribution in [0.2, 0.25) is 0 Å². The van der Waals surface area contributed by atoms with E-state index in [1.807, 2.05) is 72.8 Å². The smallest absolute Gasteiger partial charge is 0.309 e. The number of ether oxygens (including phenoxy) is 1. The third-order valence-corrected chi connectivity index (χ3v) is 5.50. The Balaban J connectivity index is 1.71. The van der Waals surface area contributed by atoms with Crippen molar-refractivity contribution in [2.45, 2.75) is 25.9 Å². The van der Waals surface area contributed by atoms with Gasteiger partial charge in [0.15, 0.2) is 0 Å². The SMILES string of the molecule is COc1cccc(CC(NCc2ccccn2)=C2C(=O)N(Cc3ccccc3)N=C2CC(=O)O)c1. The van der Waals surface area contributed by atoms with Gasteiger partial charge in [0.2, 0.25) is 0 Å². The number of benzene rings is 2. The highest BCUT2D eigenvalue weighted by atomic mass is 16.5.